The van der Waals surface area contributed by atoms with E-state index in [9.17, 15) is 0 Å². The van der Waals surface area contributed by atoms with E-state index in [4.69, 9.17) is 5.73 Å². The van der Waals surface area contributed by atoms with Gasteiger partial charge in [-0.25, -0.2) is 0 Å². The second-order valence-electron chi connectivity index (χ2n) is 5.89. The molecule has 19 heavy (non-hydrogen) atoms. The lowest BCUT2D eigenvalue weighted by atomic mass is 9.77. The zero-order valence-electron chi connectivity index (χ0n) is 12.4. The van der Waals surface area contributed by atoms with E-state index in [0.717, 1.165) is 19.0 Å². The second-order valence-corrected chi connectivity index (χ2v) is 5.89. The van der Waals surface area contributed by atoms with E-state index in [1.165, 1.54) is 31.4 Å². The van der Waals surface area contributed by atoms with Gasteiger partial charge in [-0.2, -0.15) is 0 Å². The lowest BCUT2D eigenvalue weighted by Gasteiger charge is -2.37. The summed E-state index contributed by atoms with van der Waals surface area (Å²) in [5.74, 6) is 1.54. The highest BCUT2D eigenvalue weighted by molar-refractivity contribution is 5.45. The van der Waals surface area contributed by atoms with Crippen LogP contribution < -0.4 is 10.6 Å². The van der Waals surface area contributed by atoms with Gasteiger partial charge in [0.2, 0.25) is 0 Å². The van der Waals surface area contributed by atoms with Crippen molar-refractivity contribution >= 4 is 5.69 Å². The number of nitrogens with two attached hydrogens (primary N) is 1. The van der Waals surface area contributed by atoms with Gasteiger partial charge in [0.05, 0.1) is 0 Å². The number of hydrogen-bond donors (Lipinski definition) is 1. The van der Waals surface area contributed by atoms with Crippen molar-refractivity contribution in [3.05, 3.63) is 30.3 Å². The summed E-state index contributed by atoms with van der Waals surface area (Å²) in [6.07, 6.45) is 5.14. The summed E-state index contributed by atoms with van der Waals surface area (Å²) in [6, 6.07) is 11.1. The van der Waals surface area contributed by atoms with E-state index < -0.39 is 0 Å². The molecule has 106 valence electrons. The molecule has 0 aliphatic heterocycles. The quantitative estimate of drug-likeness (QED) is 0.875. The van der Waals surface area contributed by atoms with Gasteiger partial charge in [0, 0.05) is 24.8 Å². The maximum absolute atomic E-state index is 6.35. The Kier molecular flexibility index (Phi) is 5.26. The van der Waals surface area contributed by atoms with Gasteiger partial charge in [0.15, 0.2) is 0 Å². The molecule has 2 N–H and O–H groups in total. The molecule has 1 saturated carbocycles. The third-order valence-corrected chi connectivity index (χ3v) is 4.69. The molecule has 1 aromatic carbocycles. The molecule has 0 radical (unpaired) electrons. The minimum atomic E-state index is 0.389. The lowest BCUT2D eigenvalue weighted by molar-refractivity contribution is 0.230. The van der Waals surface area contributed by atoms with Gasteiger partial charge in [-0.3, -0.25) is 0 Å². The molecule has 1 fully saturated rings. The van der Waals surface area contributed by atoms with Crippen molar-refractivity contribution in [2.24, 2.45) is 17.6 Å². The van der Waals surface area contributed by atoms with Crippen molar-refractivity contribution in [2.75, 3.05) is 18.0 Å². The molecule has 1 aromatic rings. The van der Waals surface area contributed by atoms with Crippen LogP contribution in [0.3, 0.4) is 0 Å². The normalized spacial score (nSPS) is 27.2. The highest BCUT2D eigenvalue weighted by Crippen LogP contribution is 2.31. The summed E-state index contributed by atoms with van der Waals surface area (Å²) in [6.45, 7) is 6.72. The largest absolute Gasteiger partial charge is 0.371 e. The second kappa shape index (κ2) is 6.95. The fourth-order valence-corrected chi connectivity index (χ4v) is 3.30. The number of anilines is 1. The van der Waals surface area contributed by atoms with Crippen LogP contribution in [0, 0.1) is 11.8 Å². The van der Waals surface area contributed by atoms with Crippen LogP contribution in [0.1, 0.15) is 39.5 Å². The van der Waals surface area contributed by atoms with E-state index in [-0.39, 0.29) is 0 Å². The minimum Gasteiger partial charge on any atom is -0.371 e. The molecular weight excluding hydrogens is 232 g/mol. The minimum absolute atomic E-state index is 0.389. The van der Waals surface area contributed by atoms with Crippen LogP contribution in [-0.4, -0.2) is 19.1 Å². The van der Waals surface area contributed by atoms with Gasteiger partial charge < -0.3 is 10.6 Å². The van der Waals surface area contributed by atoms with Crippen LogP contribution in [0.15, 0.2) is 30.3 Å². The van der Waals surface area contributed by atoms with Gasteiger partial charge in [0.25, 0.3) is 0 Å². The van der Waals surface area contributed by atoms with Crippen LogP contribution in [0.4, 0.5) is 5.69 Å². The fourth-order valence-electron chi connectivity index (χ4n) is 3.30. The van der Waals surface area contributed by atoms with Crippen LogP contribution >= 0.6 is 0 Å². The predicted octanol–water partition coefficient (Wildman–Crippen LogP) is 3.67. The maximum Gasteiger partial charge on any atom is 0.0366 e. The SMILES string of the molecule is CCC1CCC(N)C(CN(CC)c2ccccc2)C1. The molecule has 1 aliphatic carbocycles. The zero-order valence-corrected chi connectivity index (χ0v) is 12.4. The Morgan fingerprint density at radius 3 is 2.53 bits per heavy atom. The van der Waals surface area contributed by atoms with Gasteiger partial charge in [0.1, 0.15) is 0 Å². The Balaban J connectivity index is 2.01. The van der Waals surface area contributed by atoms with Crippen molar-refractivity contribution in [3.8, 4) is 0 Å². The topological polar surface area (TPSA) is 29.3 Å². The van der Waals surface area contributed by atoms with Gasteiger partial charge in [-0.1, -0.05) is 31.5 Å². The number of benzene rings is 1. The van der Waals surface area contributed by atoms with Gasteiger partial charge >= 0.3 is 0 Å². The first-order valence-electron chi connectivity index (χ1n) is 7.80. The summed E-state index contributed by atoms with van der Waals surface area (Å²) in [5.41, 5.74) is 7.68. The monoisotopic (exact) mass is 260 g/mol. The summed E-state index contributed by atoms with van der Waals surface area (Å²) in [5, 5.41) is 0. The first-order valence-corrected chi connectivity index (χ1v) is 7.80. The fraction of sp³-hybridized carbons (Fsp3) is 0.647. The molecule has 0 amide bonds. The molecule has 2 rings (SSSR count). The smallest absolute Gasteiger partial charge is 0.0366 e. The van der Waals surface area contributed by atoms with Crippen molar-refractivity contribution < 1.29 is 0 Å². The number of nitrogens with zero attached hydrogens (tertiary/aromatic N) is 1. The number of hydrogen-bond acceptors (Lipinski definition) is 2. The third-order valence-electron chi connectivity index (χ3n) is 4.69. The first kappa shape index (κ1) is 14.4. The summed E-state index contributed by atoms with van der Waals surface area (Å²) >= 11 is 0. The Labute approximate surface area is 118 Å². The van der Waals surface area contributed by atoms with E-state index in [1.54, 1.807) is 0 Å². The molecule has 0 saturated heterocycles. The molecule has 0 bridgehead atoms. The van der Waals surface area contributed by atoms with Crippen molar-refractivity contribution in [2.45, 2.75) is 45.6 Å². The van der Waals surface area contributed by atoms with Crippen molar-refractivity contribution in [1.82, 2.24) is 0 Å². The third kappa shape index (κ3) is 3.73. The standard InChI is InChI=1S/C17H28N2/c1-3-14-10-11-17(18)15(12-14)13-19(4-2)16-8-6-5-7-9-16/h5-9,14-15,17H,3-4,10-13,18H2,1-2H3. The predicted molar refractivity (Wildman–Crippen MR) is 83.4 cm³/mol. The Hall–Kier alpha value is -1.02. The average Bonchev–Trinajstić information content (AvgIpc) is 2.47. The molecule has 1 aliphatic rings. The summed E-state index contributed by atoms with van der Waals surface area (Å²) in [7, 11) is 0. The van der Waals surface area contributed by atoms with Crippen molar-refractivity contribution in [1.29, 1.82) is 0 Å². The Bertz CT molecular complexity index is 363. The van der Waals surface area contributed by atoms with E-state index in [1.807, 2.05) is 0 Å². The van der Waals surface area contributed by atoms with E-state index >= 15 is 0 Å². The highest BCUT2D eigenvalue weighted by atomic mass is 15.1. The van der Waals surface area contributed by atoms with Crippen LogP contribution in [0.5, 0.6) is 0 Å². The van der Waals surface area contributed by atoms with Gasteiger partial charge in [-0.05, 0) is 50.2 Å². The summed E-state index contributed by atoms with van der Waals surface area (Å²) < 4.78 is 0. The molecule has 0 aromatic heterocycles. The molecule has 3 unspecified atom stereocenters. The van der Waals surface area contributed by atoms with E-state index in [0.29, 0.717) is 12.0 Å². The maximum atomic E-state index is 6.35. The Morgan fingerprint density at radius 1 is 1.16 bits per heavy atom. The lowest BCUT2D eigenvalue weighted by Crippen LogP contribution is -2.43. The van der Waals surface area contributed by atoms with Crippen LogP contribution in [0.25, 0.3) is 0 Å². The first-order chi connectivity index (χ1) is 9.24. The number of para-hydroxylation sites is 1. The molecule has 0 spiro atoms. The molecule has 2 heteroatoms. The molecule has 3 atom stereocenters. The van der Waals surface area contributed by atoms with Crippen molar-refractivity contribution in [3.63, 3.8) is 0 Å². The molecular formula is C17H28N2. The van der Waals surface area contributed by atoms with Crippen LogP contribution in [-0.2, 0) is 0 Å². The average molecular weight is 260 g/mol. The Morgan fingerprint density at radius 2 is 1.89 bits per heavy atom. The van der Waals surface area contributed by atoms with Gasteiger partial charge in [-0.15, -0.1) is 0 Å². The summed E-state index contributed by atoms with van der Waals surface area (Å²) in [4.78, 5) is 2.47. The molecule has 0 heterocycles. The van der Waals surface area contributed by atoms with Crippen LogP contribution in [0.2, 0.25) is 0 Å². The zero-order chi connectivity index (χ0) is 13.7. The van der Waals surface area contributed by atoms with E-state index in [2.05, 4.69) is 49.1 Å². The number of rotatable bonds is 5. The molecule has 2 nitrogen and oxygen atoms in total. The highest BCUT2D eigenvalue weighted by Gasteiger charge is 2.28.